The molecule has 0 aliphatic rings. The van der Waals surface area contributed by atoms with Crippen LogP contribution in [0.1, 0.15) is 11.1 Å². The molecule has 0 saturated heterocycles. The van der Waals surface area contributed by atoms with Crippen molar-refractivity contribution in [2.24, 2.45) is 0 Å². The minimum atomic E-state index is -0.543. The summed E-state index contributed by atoms with van der Waals surface area (Å²) < 4.78 is 27.1. The Balaban J connectivity index is 2.37. The summed E-state index contributed by atoms with van der Waals surface area (Å²) in [5.74, 6) is -0.543. The SMILES string of the molecule is F[C](c1ccccc1)c1ccccc1F. The van der Waals surface area contributed by atoms with Gasteiger partial charge in [0.1, 0.15) is 5.82 Å². The van der Waals surface area contributed by atoms with Gasteiger partial charge in [-0.05, 0) is 11.6 Å². The predicted molar refractivity (Wildman–Crippen MR) is 55.4 cm³/mol. The van der Waals surface area contributed by atoms with E-state index in [9.17, 15) is 8.78 Å². The summed E-state index contributed by atoms with van der Waals surface area (Å²) in [4.78, 5) is 0. The Labute approximate surface area is 87.2 Å². The van der Waals surface area contributed by atoms with Crippen LogP contribution in [0.4, 0.5) is 8.78 Å². The van der Waals surface area contributed by atoms with Crippen LogP contribution in [0.25, 0.3) is 0 Å². The van der Waals surface area contributed by atoms with Crippen LogP contribution in [0.3, 0.4) is 0 Å². The van der Waals surface area contributed by atoms with Gasteiger partial charge in [0.05, 0.1) is 0 Å². The molecule has 0 fully saturated rings. The topological polar surface area (TPSA) is 0 Å². The summed E-state index contributed by atoms with van der Waals surface area (Å²) in [6.45, 7) is 0. The Hall–Kier alpha value is -1.70. The van der Waals surface area contributed by atoms with Crippen molar-refractivity contribution in [3.05, 3.63) is 77.7 Å². The Kier molecular flexibility index (Phi) is 2.77. The van der Waals surface area contributed by atoms with E-state index >= 15 is 0 Å². The van der Waals surface area contributed by atoms with Gasteiger partial charge in [-0.15, -0.1) is 0 Å². The van der Waals surface area contributed by atoms with Gasteiger partial charge in [0.15, 0.2) is 0 Å². The minimum absolute atomic E-state index is 0.00343. The van der Waals surface area contributed by atoms with E-state index in [4.69, 9.17) is 0 Å². The molecule has 0 aromatic heterocycles. The monoisotopic (exact) mass is 203 g/mol. The highest BCUT2D eigenvalue weighted by Crippen LogP contribution is 2.26. The van der Waals surface area contributed by atoms with E-state index < -0.39 is 12.0 Å². The van der Waals surface area contributed by atoms with E-state index in [1.807, 2.05) is 0 Å². The summed E-state index contributed by atoms with van der Waals surface area (Å²) in [5.41, 5.74) is 0.395. The largest absolute Gasteiger partial charge is 0.229 e. The smallest absolute Gasteiger partial charge is 0.206 e. The maximum absolute atomic E-state index is 13.8. The first-order chi connectivity index (χ1) is 7.29. The molecule has 0 nitrogen and oxygen atoms in total. The second-order valence-corrected chi connectivity index (χ2v) is 3.16. The molecule has 0 amide bonds. The molecule has 0 aliphatic heterocycles. The predicted octanol–water partition coefficient (Wildman–Crippen LogP) is 3.72. The van der Waals surface area contributed by atoms with Crippen LogP contribution >= 0.6 is 0 Å². The highest BCUT2D eigenvalue weighted by atomic mass is 19.1. The molecule has 0 atom stereocenters. The number of halogens is 2. The van der Waals surface area contributed by atoms with Gasteiger partial charge >= 0.3 is 0 Å². The van der Waals surface area contributed by atoms with Crippen LogP contribution in [0.15, 0.2) is 54.6 Å². The lowest BCUT2D eigenvalue weighted by molar-refractivity contribution is 0.534. The van der Waals surface area contributed by atoms with Crippen molar-refractivity contribution in [2.75, 3.05) is 0 Å². The second-order valence-electron chi connectivity index (χ2n) is 3.16. The molecule has 0 heterocycles. The highest BCUT2D eigenvalue weighted by Gasteiger charge is 2.17. The average Bonchev–Trinajstić information content (AvgIpc) is 2.30. The van der Waals surface area contributed by atoms with Crippen molar-refractivity contribution in [1.29, 1.82) is 0 Å². The van der Waals surface area contributed by atoms with Crippen LogP contribution < -0.4 is 0 Å². The van der Waals surface area contributed by atoms with Crippen molar-refractivity contribution >= 4 is 0 Å². The van der Waals surface area contributed by atoms with Gasteiger partial charge in [-0.25, -0.2) is 8.78 Å². The first-order valence-electron chi connectivity index (χ1n) is 4.62. The zero-order chi connectivity index (χ0) is 10.7. The summed E-state index contributed by atoms with van der Waals surface area (Å²) in [6.07, 6.45) is -0.534. The lowest BCUT2D eigenvalue weighted by Gasteiger charge is -2.07. The molecule has 2 aromatic carbocycles. The molecule has 1 radical (unpaired) electrons. The minimum Gasteiger partial charge on any atom is -0.229 e. The fourth-order valence-corrected chi connectivity index (χ4v) is 1.38. The number of rotatable bonds is 2. The summed E-state index contributed by atoms with van der Waals surface area (Å²) >= 11 is 0. The zero-order valence-corrected chi connectivity index (χ0v) is 7.95. The average molecular weight is 203 g/mol. The van der Waals surface area contributed by atoms with Crippen LogP contribution in [-0.2, 0) is 0 Å². The maximum Gasteiger partial charge on any atom is 0.206 e. The number of hydrogen-bond donors (Lipinski definition) is 0. The molecule has 2 aromatic rings. The number of hydrogen-bond acceptors (Lipinski definition) is 0. The molecule has 0 saturated carbocycles. The second kappa shape index (κ2) is 4.22. The fraction of sp³-hybridized carbons (Fsp3) is 0. The third-order valence-corrected chi connectivity index (χ3v) is 2.14. The van der Waals surface area contributed by atoms with Crippen molar-refractivity contribution in [3.8, 4) is 0 Å². The van der Waals surface area contributed by atoms with Gasteiger partial charge in [0.2, 0.25) is 6.17 Å². The van der Waals surface area contributed by atoms with Gasteiger partial charge in [0, 0.05) is 5.56 Å². The van der Waals surface area contributed by atoms with E-state index in [0.717, 1.165) is 0 Å². The van der Waals surface area contributed by atoms with Gasteiger partial charge < -0.3 is 0 Å². The standard InChI is InChI=1S/C13H9F2/c14-12-9-5-4-8-11(12)13(15)10-6-2-1-3-7-10/h1-9H. The van der Waals surface area contributed by atoms with Gasteiger partial charge in [-0.2, -0.15) is 0 Å². The molecule has 15 heavy (non-hydrogen) atoms. The third-order valence-electron chi connectivity index (χ3n) is 2.14. The van der Waals surface area contributed by atoms with Gasteiger partial charge in [0.25, 0.3) is 0 Å². The fourth-order valence-electron chi connectivity index (χ4n) is 1.38. The van der Waals surface area contributed by atoms with Crippen molar-refractivity contribution in [2.45, 2.75) is 0 Å². The van der Waals surface area contributed by atoms with Gasteiger partial charge in [-0.3, -0.25) is 0 Å². The molecule has 0 N–H and O–H groups in total. The Morgan fingerprint density at radius 3 is 2.07 bits per heavy atom. The van der Waals surface area contributed by atoms with Gasteiger partial charge in [-0.1, -0.05) is 48.5 Å². The maximum atomic E-state index is 13.8. The molecule has 2 rings (SSSR count). The first kappa shape index (κ1) is 9.84. The first-order valence-corrected chi connectivity index (χ1v) is 4.62. The van der Waals surface area contributed by atoms with E-state index in [0.29, 0.717) is 5.56 Å². The molecule has 0 bridgehead atoms. The summed E-state index contributed by atoms with van der Waals surface area (Å²) in [6, 6.07) is 14.3. The molecular weight excluding hydrogens is 194 g/mol. The lowest BCUT2D eigenvalue weighted by atomic mass is 10.0. The third kappa shape index (κ3) is 2.04. The molecule has 2 heteroatoms. The summed E-state index contributed by atoms with van der Waals surface area (Å²) in [7, 11) is 0. The van der Waals surface area contributed by atoms with E-state index in [1.54, 1.807) is 36.4 Å². The normalized spacial score (nSPS) is 10.6. The molecule has 0 aliphatic carbocycles. The van der Waals surface area contributed by atoms with Crippen LogP contribution in [0.2, 0.25) is 0 Å². The van der Waals surface area contributed by atoms with Crippen molar-refractivity contribution in [1.82, 2.24) is 0 Å². The van der Waals surface area contributed by atoms with Crippen molar-refractivity contribution in [3.63, 3.8) is 0 Å². The van der Waals surface area contributed by atoms with Crippen molar-refractivity contribution < 1.29 is 8.78 Å². The van der Waals surface area contributed by atoms with E-state index in [1.165, 1.54) is 18.2 Å². The highest BCUT2D eigenvalue weighted by molar-refractivity contribution is 5.41. The Morgan fingerprint density at radius 2 is 1.40 bits per heavy atom. The summed E-state index contributed by atoms with van der Waals surface area (Å²) in [5, 5.41) is 0. The Morgan fingerprint density at radius 1 is 0.800 bits per heavy atom. The molecule has 0 spiro atoms. The lowest BCUT2D eigenvalue weighted by Crippen LogP contribution is -1.98. The van der Waals surface area contributed by atoms with Crippen LogP contribution in [0, 0.1) is 12.0 Å². The van der Waals surface area contributed by atoms with Crippen LogP contribution in [0.5, 0.6) is 0 Å². The number of benzene rings is 2. The van der Waals surface area contributed by atoms with Crippen LogP contribution in [-0.4, -0.2) is 0 Å². The van der Waals surface area contributed by atoms with E-state index in [2.05, 4.69) is 0 Å². The zero-order valence-electron chi connectivity index (χ0n) is 7.95. The van der Waals surface area contributed by atoms with E-state index in [-0.39, 0.29) is 5.56 Å². The Bertz CT molecular complexity index is 437. The quantitative estimate of drug-likeness (QED) is 0.697. The molecule has 0 unspecified atom stereocenters. The molecular formula is C13H9F2. The molecule has 75 valence electrons.